The summed E-state index contributed by atoms with van der Waals surface area (Å²) < 4.78 is 6.57. The topological polar surface area (TPSA) is 38.9 Å². The lowest BCUT2D eigenvalue weighted by Gasteiger charge is -2.22. The van der Waals surface area contributed by atoms with Gasteiger partial charge in [0.25, 0.3) is 0 Å². The quantitative estimate of drug-likeness (QED) is 0.176. The van der Waals surface area contributed by atoms with E-state index in [-0.39, 0.29) is 5.41 Å². The molecule has 0 radical (unpaired) electrons. The van der Waals surface area contributed by atoms with Crippen molar-refractivity contribution in [2.24, 2.45) is 0 Å². The van der Waals surface area contributed by atoms with E-state index >= 15 is 0 Å². The first-order chi connectivity index (χ1) is 25.5. The molecule has 3 heteroatoms. The van der Waals surface area contributed by atoms with E-state index in [2.05, 4.69) is 141 Å². The molecular weight excluding hydrogens is 633 g/mol. The highest BCUT2D eigenvalue weighted by Crippen LogP contribution is 2.51. The summed E-state index contributed by atoms with van der Waals surface area (Å²) in [6.45, 7) is 4.72. The zero-order valence-electron chi connectivity index (χ0n) is 28.8. The van der Waals surface area contributed by atoms with Crippen molar-refractivity contribution < 1.29 is 4.42 Å². The molecule has 0 aliphatic heterocycles. The van der Waals surface area contributed by atoms with E-state index in [1.807, 2.05) is 30.5 Å². The number of oxazole rings is 1. The van der Waals surface area contributed by atoms with Crippen LogP contribution in [-0.2, 0) is 5.41 Å². The minimum atomic E-state index is -0.0853. The van der Waals surface area contributed by atoms with Gasteiger partial charge in [-0.05, 0) is 119 Å². The SMILES string of the molecule is CC1(C)c2cc(-c3cccc(-c4ccc5ccc6ccc7nc(-c8cc9ccccc9cn8)oc7c6c5c4)c3)ccc2-c2cc3ccccc3cc21. The Balaban J connectivity index is 1.01. The molecule has 0 atom stereocenters. The van der Waals surface area contributed by atoms with E-state index in [1.165, 1.54) is 49.7 Å². The molecular formula is C49H32N2O. The number of benzene rings is 8. The Morgan fingerprint density at radius 3 is 1.94 bits per heavy atom. The number of rotatable bonds is 3. The molecule has 0 saturated heterocycles. The lowest BCUT2D eigenvalue weighted by atomic mass is 9.81. The molecule has 0 N–H and O–H groups in total. The van der Waals surface area contributed by atoms with Crippen molar-refractivity contribution in [3.63, 3.8) is 0 Å². The maximum atomic E-state index is 6.57. The summed E-state index contributed by atoms with van der Waals surface area (Å²) in [5, 5.41) is 9.28. The Hall–Kier alpha value is -6.58. The Morgan fingerprint density at radius 2 is 1.12 bits per heavy atom. The molecule has 0 unspecified atom stereocenters. The molecule has 3 nitrogen and oxygen atoms in total. The minimum absolute atomic E-state index is 0.0853. The lowest BCUT2D eigenvalue weighted by molar-refractivity contribution is 0.620. The van der Waals surface area contributed by atoms with Crippen LogP contribution in [0.2, 0.25) is 0 Å². The van der Waals surface area contributed by atoms with Gasteiger partial charge in [0.1, 0.15) is 11.2 Å². The van der Waals surface area contributed by atoms with Crippen molar-refractivity contribution in [2.75, 3.05) is 0 Å². The smallest absolute Gasteiger partial charge is 0.246 e. The number of aromatic nitrogens is 2. The zero-order valence-corrected chi connectivity index (χ0v) is 28.8. The summed E-state index contributed by atoms with van der Waals surface area (Å²) in [6, 6.07) is 55.0. The third-order valence-corrected chi connectivity index (χ3v) is 11.3. The van der Waals surface area contributed by atoms with Crippen LogP contribution in [0.1, 0.15) is 25.0 Å². The van der Waals surface area contributed by atoms with Crippen molar-refractivity contribution in [1.29, 1.82) is 0 Å². The van der Waals surface area contributed by atoms with Crippen LogP contribution in [0.25, 0.3) is 99.2 Å². The van der Waals surface area contributed by atoms with E-state index < -0.39 is 0 Å². The van der Waals surface area contributed by atoms with Gasteiger partial charge in [-0.25, -0.2) is 4.98 Å². The van der Waals surface area contributed by atoms with Gasteiger partial charge in [0, 0.05) is 22.4 Å². The van der Waals surface area contributed by atoms with E-state index in [4.69, 9.17) is 14.4 Å². The number of nitrogens with zero attached hydrogens (tertiary/aromatic N) is 2. The van der Waals surface area contributed by atoms with E-state index in [1.54, 1.807) is 0 Å². The predicted octanol–water partition coefficient (Wildman–Crippen LogP) is 13.1. The Labute approximate surface area is 300 Å². The monoisotopic (exact) mass is 664 g/mol. The molecule has 2 aromatic heterocycles. The zero-order chi connectivity index (χ0) is 34.6. The van der Waals surface area contributed by atoms with Gasteiger partial charge < -0.3 is 4.42 Å². The number of hydrogen-bond donors (Lipinski definition) is 0. The van der Waals surface area contributed by atoms with Crippen molar-refractivity contribution in [3.05, 3.63) is 169 Å². The summed E-state index contributed by atoms with van der Waals surface area (Å²) in [6.07, 6.45) is 1.89. The van der Waals surface area contributed by atoms with Crippen LogP contribution in [0.15, 0.2) is 162 Å². The van der Waals surface area contributed by atoms with E-state index in [0.717, 1.165) is 54.7 Å². The molecule has 0 spiro atoms. The summed E-state index contributed by atoms with van der Waals surface area (Å²) >= 11 is 0. The highest BCUT2D eigenvalue weighted by Gasteiger charge is 2.36. The molecule has 1 aliphatic rings. The van der Waals surface area contributed by atoms with Gasteiger partial charge in [-0.3, -0.25) is 4.98 Å². The Kier molecular flexibility index (Phi) is 6.01. The molecule has 10 aromatic rings. The van der Waals surface area contributed by atoms with Gasteiger partial charge in [0.15, 0.2) is 5.58 Å². The maximum Gasteiger partial charge on any atom is 0.246 e. The van der Waals surface area contributed by atoms with Gasteiger partial charge in [0.05, 0.1) is 0 Å². The second-order valence-corrected chi connectivity index (χ2v) is 14.7. The molecule has 0 amide bonds. The van der Waals surface area contributed by atoms with Crippen molar-refractivity contribution >= 4 is 54.2 Å². The maximum absolute atomic E-state index is 6.57. The van der Waals surface area contributed by atoms with Crippen LogP contribution in [0.4, 0.5) is 0 Å². The second kappa shape index (κ2) is 10.7. The normalized spacial score (nSPS) is 13.3. The fourth-order valence-corrected chi connectivity index (χ4v) is 8.49. The highest BCUT2D eigenvalue weighted by molar-refractivity contribution is 6.18. The van der Waals surface area contributed by atoms with Gasteiger partial charge in [-0.15, -0.1) is 0 Å². The van der Waals surface area contributed by atoms with Gasteiger partial charge in [-0.1, -0.05) is 123 Å². The van der Waals surface area contributed by atoms with Gasteiger partial charge in [-0.2, -0.15) is 0 Å². The summed E-state index contributed by atoms with van der Waals surface area (Å²) in [5.41, 5.74) is 12.5. The fraction of sp³-hybridized carbons (Fsp3) is 0.0612. The molecule has 244 valence electrons. The molecule has 11 rings (SSSR count). The average Bonchev–Trinajstić information content (AvgIpc) is 3.73. The van der Waals surface area contributed by atoms with Crippen LogP contribution in [0.5, 0.6) is 0 Å². The van der Waals surface area contributed by atoms with E-state index in [0.29, 0.717) is 5.89 Å². The standard InChI is InChI=1S/C49H32N2O/c1-49(2)42-26-37(18-20-39(42)41-24-33-8-3-4-9-34(33)25-43(41)49)32-13-7-12-31(22-32)36-17-15-29-14-16-30-19-21-44-47(46(30)40(29)23-36)52-48(51-44)45-27-35-10-5-6-11-38(35)28-50-45/h3-28H,1-2H3. The minimum Gasteiger partial charge on any atom is -0.434 e. The molecule has 8 aromatic carbocycles. The van der Waals surface area contributed by atoms with Crippen molar-refractivity contribution in [2.45, 2.75) is 19.3 Å². The third-order valence-electron chi connectivity index (χ3n) is 11.3. The Morgan fingerprint density at radius 1 is 0.481 bits per heavy atom. The van der Waals surface area contributed by atoms with Crippen LogP contribution in [-0.4, -0.2) is 9.97 Å². The summed E-state index contributed by atoms with van der Waals surface area (Å²) in [5.74, 6) is 0.531. The fourth-order valence-electron chi connectivity index (χ4n) is 8.49. The summed E-state index contributed by atoms with van der Waals surface area (Å²) in [4.78, 5) is 9.60. The molecule has 0 bridgehead atoms. The first-order valence-electron chi connectivity index (χ1n) is 17.9. The van der Waals surface area contributed by atoms with Crippen LogP contribution in [0, 0.1) is 0 Å². The largest absolute Gasteiger partial charge is 0.434 e. The van der Waals surface area contributed by atoms with Gasteiger partial charge in [0.2, 0.25) is 5.89 Å². The van der Waals surface area contributed by atoms with Gasteiger partial charge >= 0.3 is 0 Å². The molecule has 1 aliphatic carbocycles. The number of fused-ring (bicyclic) bond motifs is 10. The third kappa shape index (κ3) is 4.32. The average molecular weight is 665 g/mol. The van der Waals surface area contributed by atoms with Crippen molar-refractivity contribution in [3.8, 4) is 45.0 Å². The summed E-state index contributed by atoms with van der Waals surface area (Å²) in [7, 11) is 0. The highest BCUT2D eigenvalue weighted by atomic mass is 16.3. The van der Waals surface area contributed by atoms with Crippen LogP contribution < -0.4 is 0 Å². The number of hydrogen-bond acceptors (Lipinski definition) is 3. The number of pyridine rings is 1. The predicted molar refractivity (Wildman–Crippen MR) is 216 cm³/mol. The molecule has 0 fully saturated rings. The van der Waals surface area contributed by atoms with Crippen LogP contribution in [0.3, 0.4) is 0 Å². The molecule has 0 saturated carbocycles. The molecule has 2 heterocycles. The van der Waals surface area contributed by atoms with Crippen LogP contribution >= 0.6 is 0 Å². The van der Waals surface area contributed by atoms with E-state index in [9.17, 15) is 0 Å². The molecule has 52 heavy (non-hydrogen) atoms. The first kappa shape index (κ1) is 29.2. The Bertz CT molecular complexity index is 3110. The first-order valence-corrected chi connectivity index (χ1v) is 17.9. The lowest BCUT2D eigenvalue weighted by Crippen LogP contribution is -2.15. The second-order valence-electron chi connectivity index (χ2n) is 14.7. The van der Waals surface area contributed by atoms with Crippen molar-refractivity contribution in [1.82, 2.24) is 9.97 Å².